The van der Waals surface area contributed by atoms with Crippen LogP contribution >= 0.6 is 0 Å². The molecule has 0 bridgehead atoms. The summed E-state index contributed by atoms with van der Waals surface area (Å²) in [6.45, 7) is 0. The maximum Gasteiger partial charge on any atom is 0.389 e. The summed E-state index contributed by atoms with van der Waals surface area (Å²) in [5.41, 5.74) is 0.444. The van der Waals surface area contributed by atoms with Crippen molar-refractivity contribution in [2.75, 3.05) is 0 Å². The average Bonchev–Trinajstić information content (AvgIpc) is 2.17. The number of hydrogen-bond donors (Lipinski definition) is 1. The summed E-state index contributed by atoms with van der Waals surface area (Å²) in [4.78, 5) is 7.34. The first-order valence-corrected chi connectivity index (χ1v) is 4.49. The lowest BCUT2D eigenvalue weighted by Crippen LogP contribution is -2.08. The standard InChI is InChI=1S/C9H11F3N2O/c10-9(11,12)3-1-2-8(15)7-4-13-6-14-5-7/h4-6,8,15H,1-3H2. The highest BCUT2D eigenvalue weighted by Crippen LogP contribution is 2.25. The van der Waals surface area contributed by atoms with Gasteiger partial charge in [-0.1, -0.05) is 0 Å². The molecular weight excluding hydrogens is 209 g/mol. The molecule has 0 saturated carbocycles. The molecule has 3 nitrogen and oxygen atoms in total. The van der Waals surface area contributed by atoms with Crippen LogP contribution in [0.15, 0.2) is 18.7 Å². The van der Waals surface area contributed by atoms with Crippen molar-refractivity contribution in [1.29, 1.82) is 0 Å². The van der Waals surface area contributed by atoms with Crippen LogP contribution in [-0.4, -0.2) is 21.3 Å². The molecule has 1 aromatic heterocycles. The van der Waals surface area contributed by atoms with E-state index in [2.05, 4.69) is 9.97 Å². The zero-order valence-electron chi connectivity index (χ0n) is 7.91. The fourth-order valence-corrected chi connectivity index (χ4v) is 1.15. The molecule has 0 amide bonds. The summed E-state index contributed by atoms with van der Waals surface area (Å²) in [6, 6.07) is 0. The minimum absolute atomic E-state index is 0.0624. The SMILES string of the molecule is OC(CCCC(F)(F)F)c1cncnc1. The van der Waals surface area contributed by atoms with Gasteiger partial charge in [0, 0.05) is 24.4 Å². The molecule has 84 valence electrons. The molecule has 0 spiro atoms. The number of aliphatic hydroxyl groups is 1. The maximum absolute atomic E-state index is 11.8. The average molecular weight is 220 g/mol. The van der Waals surface area contributed by atoms with Crippen LogP contribution in [0.2, 0.25) is 0 Å². The summed E-state index contributed by atoms with van der Waals surface area (Å²) in [6.07, 6.45) is -1.91. The van der Waals surface area contributed by atoms with Gasteiger partial charge in [0.2, 0.25) is 0 Å². The maximum atomic E-state index is 11.8. The van der Waals surface area contributed by atoms with Gasteiger partial charge >= 0.3 is 6.18 Å². The van der Waals surface area contributed by atoms with Crippen molar-refractivity contribution in [3.05, 3.63) is 24.3 Å². The van der Waals surface area contributed by atoms with Crippen molar-refractivity contribution >= 4 is 0 Å². The highest BCUT2D eigenvalue weighted by molar-refractivity contribution is 5.05. The van der Waals surface area contributed by atoms with Crippen LogP contribution in [0.3, 0.4) is 0 Å². The molecule has 0 saturated heterocycles. The van der Waals surface area contributed by atoms with Gasteiger partial charge < -0.3 is 5.11 Å². The Bertz CT molecular complexity index is 289. The quantitative estimate of drug-likeness (QED) is 0.846. The van der Waals surface area contributed by atoms with Crippen LogP contribution < -0.4 is 0 Å². The minimum Gasteiger partial charge on any atom is -0.388 e. The second kappa shape index (κ2) is 5.06. The van der Waals surface area contributed by atoms with E-state index in [1.54, 1.807) is 0 Å². The van der Waals surface area contributed by atoms with Gasteiger partial charge in [-0.25, -0.2) is 9.97 Å². The molecule has 1 rings (SSSR count). The molecule has 6 heteroatoms. The van der Waals surface area contributed by atoms with Gasteiger partial charge in [0.15, 0.2) is 0 Å². The van der Waals surface area contributed by atoms with E-state index >= 15 is 0 Å². The van der Waals surface area contributed by atoms with E-state index in [0.29, 0.717) is 5.56 Å². The van der Waals surface area contributed by atoms with Gasteiger partial charge in [-0.15, -0.1) is 0 Å². The van der Waals surface area contributed by atoms with E-state index in [9.17, 15) is 18.3 Å². The Morgan fingerprint density at radius 2 is 1.87 bits per heavy atom. The fourth-order valence-electron chi connectivity index (χ4n) is 1.15. The Kier molecular flexibility index (Phi) is 4.02. The molecule has 0 fully saturated rings. The zero-order chi connectivity index (χ0) is 11.3. The van der Waals surface area contributed by atoms with Crippen molar-refractivity contribution in [1.82, 2.24) is 9.97 Å². The van der Waals surface area contributed by atoms with E-state index in [1.807, 2.05) is 0 Å². The molecule has 0 aliphatic carbocycles. The molecule has 0 aliphatic heterocycles. The summed E-state index contributed by atoms with van der Waals surface area (Å²) >= 11 is 0. The summed E-state index contributed by atoms with van der Waals surface area (Å²) in [7, 11) is 0. The molecule has 0 radical (unpaired) electrons. The molecule has 1 heterocycles. The Balaban J connectivity index is 2.34. The van der Waals surface area contributed by atoms with Crippen LogP contribution in [0.1, 0.15) is 30.9 Å². The lowest BCUT2D eigenvalue weighted by atomic mass is 10.1. The largest absolute Gasteiger partial charge is 0.389 e. The van der Waals surface area contributed by atoms with Gasteiger partial charge in [0.1, 0.15) is 6.33 Å². The van der Waals surface area contributed by atoms with E-state index in [0.717, 1.165) is 0 Å². The van der Waals surface area contributed by atoms with Crippen LogP contribution in [-0.2, 0) is 0 Å². The van der Waals surface area contributed by atoms with Crippen LogP contribution in [0.25, 0.3) is 0 Å². The van der Waals surface area contributed by atoms with Crippen LogP contribution in [0, 0.1) is 0 Å². The Morgan fingerprint density at radius 1 is 1.27 bits per heavy atom. The highest BCUT2D eigenvalue weighted by Gasteiger charge is 2.26. The Hall–Kier alpha value is -1.17. The zero-order valence-corrected chi connectivity index (χ0v) is 7.91. The van der Waals surface area contributed by atoms with Gasteiger partial charge in [-0.05, 0) is 12.8 Å². The van der Waals surface area contributed by atoms with Crippen molar-refractivity contribution in [3.63, 3.8) is 0 Å². The molecule has 0 aromatic carbocycles. The van der Waals surface area contributed by atoms with Gasteiger partial charge in [-0.2, -0.15) is 13.2 Å². The second-order valence-electron chi connectivity index (χ2n) is 3.20. The topological polar surface area (TPSA) is 46.0 Å². The van der Waals surface area contributed by atoms with Crippen molar-refractivity contribution in [3.8, 4) is 0 Å². The normalized spacial score (nSPS) is 13.9. The van der Waals surface area contributed by atoms with E-state index in [4.69, 9.17) is 0 Å². The van der Waals surface area contributed by atoms with Gasteiger partial charge in [-0.3, -0.25) is 0 Å². The van der Waals surface area contributed by atoms with Crippen molar-refractivity contribution in [2.24, 2.45) is 0 Å². The second-order valence-corrected chi connectivity index (χ2v) is 3.20. The van der Waals surface area contributed by atoms with Crippen molar-refractivity contribution in [2.45, 2.75) is 31.5 Å². The molecule has 1 aromatic rings. The fraction of sp³-hybridized carbons (Fsp3) is 0.556. The number of rotatable bonds is 4. The summed E-state index contributed by atoms with van der Waals surface area (Å²) < 4.78 is 35.4. The Morgan fingerprint density at radius 3 is 2.40 bits per heavy atom. The number of alkyl halides is 3. The predicted octanol–water partition coefficient (Wildman–Crippen LogP) is 2.24. The smallest absolute Gasteiger partial charge is 0.388 e. The first-order valence-electron chi connectivity index (χ1n) is 4.49. The number of nitrogens with zero attached hydrogens (tertiary/aromatic N) is 2. The number of hydrogen-bond acceptors (Lipinski definition) is 3. The van der Waals surface area contributed by atoms with Gasteiger partial charge in [0.05, 0.1) is 6.10 Å². The molecule has 1 N–H and O–H groups in total. The summed E-state index contributed by atoms with van der Waals surface area (Å²) in [5, 5.41) is 9.47. The van der Waals surface area contributed by atoms with Gasteiger partial charge in [0.25, 0.3) is 0 Å². The third-order valence-corrected chi connectivity index (χ3v) is 1.90. The highest BCUT2D eigenvalue weighted by atomic mass is 19.4. The lowest BCUT2D eigenvalue weighted by molar-refractivity contribution is -0.136. The molecule has 0 aliphatic rings. The first-order chi connectivity index (χ1) is 6.99. The number of aromatic nitrogens is 2. The molecule has 1 atom stereocenters. The third-order valence-electron chi connectivity index (χ3n) is 1.90. The third kappa shape index (κ3) is 4.73. The van der Waals surface area contributed by atoms with E-state index in [-0.39, 0.29) is 12.8 Å². The van der Waals surface area contributed by atoms with Crippen LogP contribution in [0.4, 0.5) is 13.2 Å². The Labute approximate surface area is 85.0 Å². The van der Waals surface area contributed by atoms with Crippen LogP contribution in [0.5, 0.6) is 0 Å². The molecular formula is C9H11F3N2O. The van der Waals surface area contributed by atoms with Crippen molar-refractivity contribution < 1.29 is 18.3 Å². The molecule has 15 heavy (non-hydrogen) atoms. The van der Waals surface area contributed by atoms with E-state index < -0.39 is 18.7 Å². The number of aliphatic hydroxyl groups excluding tert-OH is 1. The summed E-state index contributed by atoms with van der Waals surface area (Å²) in [5.74, 6) is 0. The monoisotopic (exact) mass is 220 g/mol. The predicted molar refractivity (Wildman–Crippen MR) is 46.9 cm³/mol. The minimum atomic E-state index is -4.16. The molecule has 1 unspecified atom stereocenters. The van der Waals surface area contributed by atoms with E-state index in [1.165, 1.54) is 18.7 Å². The first kappa shape index (κ1) is 11.9. The lowest BCUT2D eigenvalue weighted by Gasteiger charge is -2.10. The number of halogens is 3.